The van der Waals surface area contributed by atoms with Crippen LogP contribution in [0.15, 0.2) is 35.9 Å². The zero-order valence-corrected chi connectivity index (χ0v) is 12.7. The molecular formula is C17H23NO3. The highest BCUT2D eigenvalue weighted by atomic mass is 16.5. The van der Waals surface area contributed by atoms with Gasteiger partial charge in [-0.05, 0) is 25.8 Å². The van der Waals surface area contributed by atoms with Gasteiger partial charge in [0, 0.05) is 25.2 Å². The molecule has 1 atom stereocenters. The van der Waals surface area contributed by atoms with Gasteiger partial charge in [-0.15, -0.1) is 0 Å². The van der Waals surface area contributed by atoms with Gasteiger partial charge < -0.3 is 9.84 Å². The lowest BCUT2D eigenvalue weighted by Gasteiger charge is -2.28. The Balaban J connectivity index is 1.93. The smallest absolute Gasteiger partial charge is 0.334 e. The minimum atomic E-state index is -0.535. The largest absolute Gasteiger partial charge is 0.463 e. The fraction of sp³-hybridized carbons (Fsp3) is 0.471. The number of ether oxygens (including phenoxy) is 1. The Kier molecular flexibility index (Phi) is 5.53. The Morgan fingerprint density at radius 2 is 2.10 bits per heavy atom. The average molecular weight is 289 g/mol. The maximum atomic E-state index is 11.8. The molecule has 4 heteroatoms. The van der Waals surface area contributed by atoms with E-state index >= 15 is 0 Å². The van der Waals surface area contributed by atoms with E-state index in [1.54, 1.807) is 6.92 Å². The molecule has 0 spiro atoms. The van der Waals surface area contributed by atoms with Crippen LogP contribution < -0.4 is 0 Å². The van der Waals surface area contributed by atoms with Crippen LogP contribution in [-0.2, 0) is 9.53 Å². The van der Waals surface area contributed by atoms with Crippen LogP contribution >= 0.6 is 0 Å². The number of aliphatic hydroxyl groups is 1. The van der Waals surface area contributed by atoms with Crippen molar-refractivity contribution in [3.05, 3.63) is 47.0 Å². The molecule has 1 unspecified atom stereocenters. The predicted molar refractivity (Wildman–Crippen MR) is 81.9 cm³/mol. The van der Waals surface area contributed by atoms with E-state index in [4.69, 9.17) is 4.74 Å². The second-order valence-corrected chi connectivity index (χ2v) is 5.40. The highest BCUT2D eigenvalue weighted by molar-refractivity contribution is 5.89. The number of esters is 1. The minimum absolute atomic E-state index is 0.243. The molecule has 114 valence electrons. The van der Waals surface area contributed by atoms with Crippen molar-refractivity contribution in [2.75, 3.05) is 26.2 Å². The fourth-order valence-corrected chi connectivity index (χ4v) is 2.47. The molecule has 0 amide bonds. The van der Waals surface area contributed by atoms with Crippen LogP contribution in [0.2, 0.25) is 0 Å². The van der Waals surface area contributed by atoms with Crippen molar-refractivity contribution < 1.29 is 14.6 Å². The second kappa shape index (κ2) is 7.38. The van der Waals surface area contributed by atoms with Crippen LogP contribution in [0.3, 0.4) is 0 Å². The summed E-state index contributed by atoms with van der Waals surface area (Å²) in [6.45, 7) is 6.15. The summed E-state index contributed by atoms with van der Waals surface area (Å²) < 4.78 is 5.04. The van der Waals surface area contributed by atoms with Crippen LogP contribution in [0.1, 0.15) is 30.6 Å². The van der Waals surface area contributed by atoms with Crippen molar-refractivity contribution in [1.29, 1.82) is 0 Å². The topological polar surface area (TPSA) is 49.8 Å². The van der Waals surface area contributed by atoms with Crippen molar-refractivity contribution in [3.8, 4) is 0 Å². The summed E-state index contributed by atoms with van der Waals surface area (Å²) >= 11 is 0. The zero-order chi connectivity index (χ0) is 15.2. The van der Waals surface area contributed by atoms with Crippen molar-refractivity contribution >= 4 is 5.97 Å². The fourth-order valence-electron chi connectivity index (χ4n) is 2.47. The van der Waals surface area contributed by atoms with Gasteiger partial charge in [0.15, 0.2) is 0 Å². The normalized spacial score (nSPS) is 17.2. The van der Waals surface area contributed by atoms with E-state index in [0.717, 1.165) is 18.5 Å². The first-order chi connectivity index (χ1) is 10.1. The van der Waals surface area contributed by atoms with Crippen molar-refractivity contribution in [2.45, 2.75) is 26.4 Å². The summed E-state index contributed by atoms with van der Waals surface area (Å²) in [5, 5.41) is 10.3. The molecule has 0 radical (unpaired) electrons. The molecule has 1 N–H and O–H groups in total. The van der Waals surface area contributed by atoms with E-state index in [9.17, 15) is 9.90 Å². The maximum Gasteiger partial charge on any atom is 0.334 e. The van der Waals surface area contributed by atoms with Gasteiger partial charge in [0.05, 0.1) is 12.7 Å². The lowest BCUT2D eigenvalue weighted by Crippen LogP contribution is -2.35. The van der Waals surface area contributed by atoms with Gasteiger partial charge in [-0.1, -0.05) is 35.9 Å². The zero-order valence-electron chi connectivity index (χ0n) is 12.7. The third-order valence-electron chi connectivity index (χ3n) is 3.66. The number of hydrogen-bond donors (Lipinski definition) is 1. The maximum absolute atomic E-state index is 11.8. The molecule has 1 aliphatic rings. The highest BCUT2D eigenvalue weighted by Gasteiger charge is 2.21. The first-order valence-corrected chi connectivity index (χ1v) is 7.43. The molecule has 0 aromatic heterocycles. The Hall–Kier alpha value is -1.65. The molecule has 21 heavy (non-hydrogen) atoms. The average Bonchev–Trinajstić information content (AvgIpc) is 2.48. The molecule has 0 saturated heterocycles. The van der Waals surface area contributed by atoms with Crippen LogP contribution in [0.25, 0.3) is 0 Å². The number of aryl methyl sites for hydroxylation is 1. The number of carbonyl (C=O) groups is 1. The van der Waals surface area contributed by atoms with E-state index in [2.05, 4.69) is 4.90 Å². The van der Waals surface area contributed by atoms with E-state index in [-0.39, 0.29) is 5.97 Å². The Morgan fingerprint density at radius 3 is 2.76 bits per heavy atom. The van der Waals surface area contributed by atoms with E-state index < -0.39 is 6.10 Å². The van der Waals surface area contributed by atoms with E-state index in [1.165, 1.54) is 5.56 Å². The Morgan fingerprint density at radius 1 is 1.38 bits per heavy atom. The molecule has 1 aliphatic heterocycles. The summed E-state index contributed by atoms with van der Waals surface area (Å²) in [5.41, 5.74) is 2.78. The Labute approximate surface area is 126 Å². The second-order valence-electron chi connectivity index (χ2n) is 5.40. The third kappa shape index (κ3) is 4.41. The quantitative estimate of drug-likeness (QED) is 0.845. The van der Waals surface area contributed by atoms with Crippen LogP contribution in [0.4, 0.5) is 0 Å². The van der Waals surface area contributed by atoms with Crippen LogP contribution in [-0.4, -0.2) is 42.2 Å². The molecule has 2 rings (SSSR count). The monoisotopic (exact) mass is 289 g/mol. The van der Waals surface area contributed by atoms with Crippen molar-refractivity contribution in [1.82, 2.24) is 4.90 Å². The summed E-state index contributed by atoms with van der Waals surface area (Å²) in [4.78, 5) is 13.9. The molecule has 0 bridgehead atoms. The first kappa shape index (κ1) is 15.7. The number of aliphatic hydroxyl groups excluding tert-OH is 1. The summed E-state index contributed by atoms with van der Waals surface area (Å²) in [6, 6.07) is 7.90. The molecule has 0 aliphatic carbocycles. The lowest BCUT2D eigenvalue weighted by molar-refractivity contribution is -0.139. The molecule has 4 nitrogen and oxygen atoms in total. The van der Waals surface area contributed by atoms with Gasteiger partial charge in [-0.25, -0.2) is 4.79 Å². The van der Waals surface area contributed by atoms with Gasteiger partial charge in [-0.3, -0.25) is 4.90 Å². The van der Waals surface area contributed by atoms with E-state index in [1.807, 2.05) is 37.3 Å². The van der Waals surface area contributed by atoms with Crippen molar-refractivity contribution in [2.24, 2.45) is 0 Å². The van der Waals surface area contributed by atoms with Gasteiger partial charge in [0.25, 0.3) is 0 Å². The predicted octanol–water partition coefficient (Wildman–Crippen LogP) is 2.22. The molecular weight excluding hydrogens is 266 g/mol. The lowest BCUT2D eigenvalue weighted by atomic mass is 10.1. The third-order valence-corrected chi connectivity index (χ3v) is 3.66. The summed E-state index contributed by atoms with van der Waals surface area (Å²) in [7, 11) is 0. The summed E-state index contributed by atoms with van der Waals surface area (Å²) in [5.74, 6) is -0.243. The van der Waals surface area contributed by atoms with E-state index in [0.29, 0.717) is 25.3 Å². The minimum Gasteiger partial charge on any atom is -0.463 e. The van der Waals surface area contributed by atoms with Gasteiger partial charge >= 0.3 is 5.97 Å². The number of benzene rings is 1. The molecule has 1 aromatic carbocycles. The number of carbonyl (C=O) groups excluding carboxylic acids is 1. The highest BCUT2D eigenvalue weighted by Crippen LogP contribution is 2.18. The van der Waals surface area contributed by atoms with Gasteiger partial charge in [-0.2, -0.15) is 0 Å². The van der Waals surface area contributed by atoms with Gasteiger partial charge in [0.1, 0.15) is 0 Å². The summed E-state index contributed by atoms with van der Waals surface area (Å²) in [6.07, 6.45) is 2.22. The molecule has 0 saturated carbocycles. The number of rotatable bonds is 5. The SMILES string of the molecule is CCOC(=O)C1=CCCN(CC(O)c2ccc(C)cc2)C1. The first-order valence-electron chi connectivity index (χ1n) is 7.43. The Bertz CT molecular complexity index is 507. The van der Waals surface area contributed by atoms with Crippen molar-refractivity contribution in [3.63, 3.8) is 0 Å². The molecule has 1 heterocycles. The number of β-amino-alcohol motifs (C(OH)–C–C–N with tert-alkyl or cyclic N) is 1. The van der Waals surface area contributed by atoms with Gasteiger partial charge in [0.2, 0.25) is 0 Å². The molecule has 1 aromatic rings. The number of hydrogen-bond acceptors (Lipinski definition) is 4. The molecule has 0 fully saturated rings. The van der Waals surface area contributed by atoms with Crippen LogP contribution in [0, 0.1) is 6.92 Å². The number of nitrogens with zero attached hydrogens (tertiary/aromatic N) is 1. The standard InChI is InChI=1S/C17H23NO3/c1-3-21-17(20)15-5-4-10-18(11-15)12-16(19)14-8-6-13(2)7-9-14/h5-9,16,19H,3-4,10-12H2,1-2H3. The van der Waals surface area contributed by atoms with Crippen LogP contribution in [0.5, 0.6) is 0 Å².